The molecule has 0 bridgehead atoms. The van der Waals surface area contributed by atoms with Crippen molar-refractivity contribution in [3.8, 4) is 22.1 Å². The summed E-state index contributed by atoms with van der Waals surface area (Å²) in [6.07, 6.45) is 1.42. The molecule has 0 spiro atoms. The van der Waals surface area contributed by atoms with Gasteiger partial charge in [0, 0.05) is 5.56 Å². The molecule has 158 valence electrons. The van der Waals surface area contributed by atoms with Gasteiger partial charge in [-0.3, -0.25) is 4.79 Å². The molecule has 2 aromatic heterocycles. The highest BCUT2D eigenvalue weighted by Crippen LogP contribution is 2.32. The highest BCUT2D eigenvalue weighted by Gasteiger charge is 2.18. The summed E-state index contributed by atoms with van der Waals surface area (Å²) >= 11 is 1.44. The maximum atomic E-state index is 13.2. The van der Waals surface area contributed by atoms with Gasteiger partial charge in [-0.2, -0.15) is 0 Å². The molecule has 5 rings (SSSR count). The Bertz CT molecular complexity index is 1500. The smallest absolute Gasteiger partial charge is 0.343 e. The van der Waals surface area contributed by atoms with Crippen LogP contribution in [0.3, 0.4) is 0 Å². The molecule has 0 saturated heterocycles. The van der Waals surface area contributed by atoms with E-state index >= 15 is 0 Å². The summed E-state index contributed by atoms with van der Waals surface area (Å²) in [6.45, 7) is 1.75. The van der Waals surface area contributed by atoms with E-state index in [9.17, 15) is 9.59 Å². The number of methoxy groups -OCH3 is 1. The maximum Gasteiger partial charge on any atom is 0.343 e. The Kier molecular flexibility index (Phi) is 4.95. The van der Waals surface area contributed by atoms with Gasteiger partial charge in [0.15, 0.2) is 0 Å². The van der Waals surface area contributed by atoms with Gasteiger partial charge in [-0.15, -0.1) is 11.3 Å². The molecule has 0 N–H and O–H groups in total. The molecular formula is C25H17NO5S. The summed E-state index contributed by atoms with van der Waals surface area (Å²) in [4.78, 5) is 30.2. The molecule has 3 aromatic carbocycles. The van der Waals surface area contributed by atoms with E-state index in [1.165, 1.54) is 17.6 Å². The van der Waals surface area contributed by atoms with Crippen LogP contribution >= 0.6 is 11.3 Å². The molecule has 7 heteroatoms. The van der Waals surface area contributed by atoms with Crippen molar-refractivity contribution in [2.45, 2.75) is 6.92 Å². The first-order valence-electron chi connectivity index (χ1n) is 9.82. The number of carbonyl (C=O) groups excluding carboxylic acids is 1. The first-order chi connectivity index (χ1) is 15.5. The zero-order chi connectivity index (χ0) is 22.2. The molecular weight excluding hydrogens is 426 g/mol. The van der Waals surface area contributed by atoms with Gasteiger partial charge < -0.3 is 13.9 Å². The van der Waals surface area contributed by atoms with Crippen LogP contribution in [0.15, 0.2) is 76.1 Å². The second-order valence-corrected chi connectivity index (χ2v) is 8.18. The molecule has 6 nitrogen and oxygen atoms in total. The van der Waals surface area contributed by atoms with Gasteiger partial charge in [-0.1, -0.05) is 12.1 Å². The van der Waals surface area contributed by atoms with Crippen LogP contribution in [0.2, 0.25) is 0 Å². The van der Waals surface area contributed by atoms with Crippen LogP contribution in [0.5, 0.6) is 11.5 Å². The Balaban J connectivity index is 1.50. The van der Waals surface area contributed by atoms with Crippen molar-refractivity contribution in [3.05, 3.63) is 88.3 Å². The van der Waals surface area contributed by atoms with Crippen LogP contribution in [-0.4, -0.2) is 18.1 Å². The third-order valence-electron chi connectivity index (χ3n) is 5.19. The van der Waals surface area contributed by atoms with Gasteiger partial charge in [-0.25, -0.2) is 9.78 Å². The Labute approximate surface area is 186 Å². The SMILES string of the molecule is COc1ccc(C(=O)Oc2ccc3c(=O)c(-c4nc5ccccc5s4)coc3c2C)cc1. The number of ether oxygens (including phenoxy) is 2. The molecule has 2 heterocycles. The number of aryl methyl sites for hydroxylation is 1. The van der Waals surface area contributed by atoms with E-state index in [2.05, 4.69) is 4.98 Å². The Morgan fingerprint density at radius 3 is 2.56 bits per heavy atom. The van der Waals surface area contributed by atoms with Crippen LogP contribution in [0.25, 0.3) is 31.8 Å². The second kappa shape index (κ2) is 7.94. The highest BCUT2D eigenvalue weighted by atomic mass is 32.1. The number of nitrogens with zero attached hydrogens (tertiary/aromatic N) is 1. The standard InChI is InChI=1S/C25H17NO5S/c1-14-20(31-25(28)15-7-9-16(29-2)10-8-15)12-11-17-22(27)18(13-30-23(14)17)24-26-19-5-3-4-6-21(19)32-24/h3-13H,1-2H3. The fourth-order valence-corrected chi connectivity index (χ4v) is 4.42. The van der Waals surface area contributed by atoms with Crippen molar-refractivity contribution >= 4 is 38.5 Å². The number of para-hydroxylation sites is 1. The van der Waals surface area contributed by atoms with E-state index in [4.69, 9.17) is 13.9 Å². The zero-order valence-corrected chi connectivity index (χ0v) is 18.1. The summed E-state index contributed by atoms with van der Waals surface area (Å²) in [6, 6.07) is 17.6. The molecule has 0 saturated carbocycles. The summed E-state index contributed by atoms with van der Waals surface area (Å²) in [5.41, 5.74) is 2.39. The molecule has 0 radical (unpaired) electrons. The molecule has 5 aromatic rings. The van der Waals surface area contributed by atoms with Crippen molar-refractivity contribution in [1.82, 2.24) is 4.98 Å². The molecule has 0 fully saturated rings. The molecule has 0 amide bonds. The number of hydrogen-bond acceptors (Lipinski definition) is 7. The quantitative estimate of drug-likeness (QED) is 0.266. The first kappa shape index (κ1) is 20.0. The van der Waals surface area contributed by atoms with Crippen molar-refractivity contribution in [3.63, 3.8) is 0 Å². The van der Waals surface area contributed by atoms with Crippen molar-refractivity contribution in [2.75, 3.05) is 7.11 Å². The van der Waals surface area contributed by atoms with Gasteiger partial charge in [0.05, 0.1) is 33.8 Å². The van der Waals surface area contributed by atoms with Gasteiger partial charge >= 0.3 is 5.97 Å². The number of carbonyl (C=O) groups is 1. The number of fused-ring (bicyclic) bond motifs is 2. The lowest BCUT2D eigenvalue weighted by Gasteiger charge is -2.10. The summed E-state index contributed by atoms with van der Waals surface area (Å²) in [7, 11) is 1.56. The molecule has 0 atom stereocenters. The van der Waals surface area contributed by atoms with E-state index in [0.717, 1.165) is 10.2 Å². The largest absolute Gasteiger partial charge is 0.497 e. The monoisotopic (exact) mass is 443 g/mol. The van der Waals surface area contributed by atoms with Crippen LogP contribution in [0, 0.1) is 6.92 Å². The summed E-state index contributed by atoms with van der Waals surface area (Å²) in [5, 5.41) is 1.01. The van der Waals surface area contributed by atoms with E-state index in [0.29, 0.717) is 44.2 Å². The lowest BCUT2D eigenvalue weighted by Crippen LogP contribution is -2.10. The van der Waals surface area contributed by atoms with Gasteiger partial charge in [0.25, 0.3) is 0 Å². The van der Waals surface area contributed by atoms with Crippen molar-refractivity contribution < 1.29 is 18.7 Å². The molecule has 0 aliphatic rings. The van der Waals surface area contributed by atoms with Crippen LogP contribution < -0.4 is 14.9 Å². The molecule has 0 unspecified atom stereocenters. The zero-order valence-electron chi connectivity index (χ0n) is 17.2. The Hall–Kier alpha value is -3.97. The number of hydrogen-bond donors (Lipinski definition) is 0. The molecule has 0 aliphatic heterocycles. The number of benzene rings is 3. The Morgan fingerprint density at radius 2 is 1.81 bits per heavy atom. The van der Waals surface area contributed by atoms with Crippen molar-refractivity contribution in [1.29, 1.82) is 0 Å². The third-order valence-corrected chi connectivity index (χ3v) is 6.26. The second-order valence-electron chi connectivity index (χ2n) is 7.15. The van der Waals surface area contributed by atoms with Crippen LogP contribution in [0.1, 0.15) is 15.9 Å². The first-order valence-corrected chi connectivity index (χ1v) is 10.6. The fraction of sp³-hybridized carbons (Fsp3) is 0.0800. The Morgan fingerprint density at radius 1 is 1.03 bits per heavy atom. The number of esters is 1. The van der Waals surface area contributed by atoms with E-state index in [1.807, 2.05) is 24.3 Å². The van der Waals surface area contributed by atoms with Gasteiger partial charge in [-0.05, 0) is 55.5 Å². The third kappa shape index (κ3) is 3.42. The van der Waals surface area contributed by atoms with Gasteiger partial charge in [0.2, 0.25) is 5.43 Å². The predicted octanol–water partition coefficient (Wildman–Crippen LogP) is 5.61. The minimum absolute atomic E-state index is 0.179. The molecule has 32 heavy (non-hydrogen) atoms. The van der Waals surface area contributed by atoms with Crippen LogP contribution in [0.4, 0.5) is 0 Å². The minimum atomic E-state index is -0.511. The average Bonchev–Trinajstić information content (AvgIpc) is 3.25. The van der Waals surface area contributed by atoms with Crippen molar-refractivity contribution in [2.24, 2.45) is 0 Å². The lowest BCUT2D eigenvalue weighted by molar-refractivity contribution is 0.0733. The summed E-state index contributed by atoms with van der Waals surface area (Å²) < 4.78 is 17.5. The number of rotatable bonds is 4. The minimum Gasteiger partial charge on any atom is -0.497 e. The number of aromatic nitrogens is 1. The maximum absolute atomic E-state index is 13.2. The summed E-state index contributed by atoms with van der Waals surface area (Å²) in [5.74, 6) is 0.465. The number of thiazole rings is 1. The lowest BCUT2D eigenvalue weighted by atomic mass is 10.1. The van der Waals surface area contributed by atoms with E-state index in [-0.39, 0.29) is 5.43 Å². The molecule has 0 aliphatic carbocycles. The van der Waals surface area contributed by atoms with E-state index in [1.54, 1.807) is 50.4 Å². The van der Waals surface area contributed by atoms with E-state index < -0.39 is 5.97 Å². The topological polar surface area (TPSA) is 78.6 Å². The van der Waals surface area contributed by atoms with Gasteiger partial charge in [0.1, 0.15) is 28.4 Å². The fourth-order valence-electron chi connectivity index (χ4n) is 3.45. The predicted molar refractivity (Wildman–Crippen MR) is 124 cm³/mol. The highest BCUT2D eigenvalue weighted by molar-refractivity contribution is 7.21. The van der Waals surface area contributed by atoms with Crippen LogP contribution in [-0.2, 0) is 0 Å². The average molecular weight is 443 g/mol. The normalized spacial score (nSPS) is 11.1.